The van der Waals surface area contributed by atoms with Gasteiger partial charge in [0.2, 0.25) is 0 Å². The second-order valence-electron chi connectivity index (χ2n) is 2.76. The average Bonchev–Trinajstić information content (AvgIpc) is 2.13. The van der Waals surface area contributed by atoms with Crippen LogP contribution in [0.4, 0.5) is 0 Å². The van der Waals surface area contributed by atoms with E-state index >= 15 is 0 Å². The molecular weight excluding hydrogens is 162 g/mol. The molecule has 0 aliphatic carbocycles. The third kappa shape index (κ3) is 2.34. The van der Waals surface area contributed by atoms with Crippen LogP contribution in [0.2, 0.25) is 0 Å². The van der Waals surface area contributed by atoms with Crippen LogP contribution in [0.1, 0.15) is 17.5 Å². The van der Waals surface area contributed by atoms with Gasteiger partial charge in [-0.3, -0.25) is 0 Å². The van der Waals surface area contributed by atoms with Gasteiger partial charge in [-0.1, -0.05) is 24.3 Å². The van der Waals surface area contributed by atoms with Gasteiger partial charge in [-0.25, -0.2) is 0 Å². The molecule has 0 bridgehead atoms. The maximum atomic E-state index is 9.36. The van der Waals surface area contributed by atoms with Crippen LogP contribution >= 0.6 is 0 Å². The predicted octanol–water partition coefficient (Wildman–Crippen LogP) is 2.63. The highest BCUT2D eigenvalue weighted by Crippen LogP contribution is 2.20. The summed E-state index contributed by atoms with van der Waals surface area (Å²) in [5.41, 5.74) is 1.80. The van der Waals surface area contributed by atoms with Crippen molar-refractivity contribution in [3.05, 3.63) is 35.4 Å². The van der Waals surface area contributed by atoms with Crippen LogP contribution in [0.15, 0.2) is 24.3 Å². The van der Waals surface area contributed by atoms with E-state index in [4.69, 9.17) is 5.26 Å². The third-order valence-electron chi connectivity index (χ3n) is 1.85. The van der Waals surface area contributed by atoms with Gasteiger partial charge in [-0.15, -0.1) is 0 Å². The van der Waals surface area contributed by atoms with Crippen molar-refractivity contribution in [2.45, 2.75) is 13.3 Å². The second-order valence-corrected chi connectivity index (χ2v) is 2.76. The van der Waals surface area contributed by atoms with E-state index in [9.17, 15) is 5.11 Å². The first kappa shape index (κ1) is 9.34. The number of rotatable bonds is 2. The van der Waals surface area contributed by atoms with Crippen LogP contribution in [-0.2, 0) is 0 Å². The lowest BCUT2D eigenvalue weighted by Gasteiger charge is -2.01. The maximum absolute atomic E-state index is 9.36. The second kappa shape index (κ2) is 4.32. The van der Waals surface area contributed by atoms with Gasteiger partial charge in [-0.05, 0) is 24.1 Å². The van der Waals surface area contributed by atoms with Gasteiger partial charge in [0.15, 0.2) is 0 Å². The van der Waals surface area contributed by atoms with Crippen LogP contribution in [0.3, 0.4) is 0 Å². The highest BCUT2D eigenvalue weighted by Gasteiger charge is 1.97. The van der Waals surface area contributed by atoms with E-state index in [1.807, 2.05) is 25.1 Å². The number of phenols is 1. The van der Waals surface area contributed by atoms with Crippen LogP contribution in [-0.4, -0.2) is 5.11 Å². The molecule has 0 spiro atoms. The highest BCUT2D eigenvalue weighted by molar-refractivity contribution is 5.57. The molecule has 0 amide bonds. The molecule has 66 valence electrons. The molecule has 0 radical (unpaired) electrons. The van der Waals surface area contributed by atoms with Crippen molar-refractivity contribution in [2.75, 3.05) is 0 Å². The zero-order valence-electron chi connectivity index (χ0n) is 7.49. The van der Waals surface area contributed by atoms with Gasteiger partial charge in [0.05, 0.1) is 12.5 Å². The largest absolute Gasteiger partial charge is 0.508 e. The summed E-state index contributed by atoms with van der Waals surface area (Å²) in [5, 5.41) is 17.7. The summed E-state index contributed by atoms with van der Waals surface area (Å²) in [6.07, 6.45) is 4.02. The number of allylic oxidation sites excluding steroid dienone is 1. The quantitative estimate of drug-likeness (QED) is 0.747. The standard InChI is InChI=1S/C11H11NO/c1-9-10(5-2-3-8-12)6-4-7-11(9)13/h2,4-7,13H,3H2,1H3. The van der Waals surface area contributed by atoms with Gasteiger partial charge in [0.25, 0.3) is 0 Å². The van der Waals surface area contributed by atoms with E-state index in [-0.39, 0.29) is 0 Å². The van der Waals surface area contributed by atoms with Crippen molar-refractivity contribution < 1.29 is 5.11 Å². The van der Waals surface area contributed by atoms with Crippen molar-refractivity contribution >= 4 is 6.08 Å². The Balaban J connectivity index is 2.90. The molecule has 0 heterocycles. The summed E-state index contributed by atoms with van der Waals surface area (Å²) in [6.45, 7) is 1.85. The van der Waals surface area contributed by atoms with Crippen molar-refractivity contribution in [3.8, 4) is 11.8 Å². The number of nitrogens with zero attached hydrogens (tertiary/aromatic N) is 1. The molecule has 1 aromatic rings. The summed E-state index contributed by atoms with van der Waals surface area (Å²) >= 11 is 0. The molecule has 0 aromatic heterocycles. The molecule has 0 aliphatic heterocycles. The molecule has 0 saturated heterocycles. The first-order chi connectivity index (χ1) is 6.25. The Morgan fingerprint density at radius 3 is 3.00 bits per heavy atom. The topological polar surface area (TPSA) is 44.0 Å². The minimum atomic E-state index is 0.291. The molecule has 1 aromatic carbocycles. The normalized spacial score (nSPS) is 10.2. The zero-order chi connectivity index (χ0) is 9.68. The van der Waals surface area contributed by atoms with Crippen LogP contribution < -0.4 is 0 Å². The molecule has 1 N–H and O–H groups in total. The Morgan fingerprint density at radius 2 is 2.31 bits per heavy atom. The lowest BCUT2D eigenvalue weighted by Crippen LogP contribution is -1.80. The minimum absolute atomic E-state index is 0.291. The predicted molar refractivity (Wildman–Crippen MR) is 52.1 cm³/mol. The smallest absolute Gasteiger partial charge is 0.119 e. The molecule has 0 unspecified atom stereocenters. The molecule has 0 saturated carbocycles. The van der Waals surface area contributed by atoms with Crippen molar-refractivity contribution in [1.82, 2.24) is 0 Å². The van der Waals surface area contributed by atoms with E-state index in [2.05, 4.69) is 0 Å². The first-order valence-electron chi connectivity index (χ1n) is 4.08. The summed E-state index contributed by atoms with van der Waals surface area (Å²) in [5.74, 6) is 0.291. The Bertz CT molecular complexity index is 361. The fourth-order valence-electron chi connectivity index (χ4n) is 1.06. The molecule has 0 fully saturated rings. The van der Waals surface area contributed by atoms with Crippen molar-refractivity contribution in [2.24, 2.45) is 0 Å². The Kier molecular flexibility index (Phi) is 3.10. The van der Waals surface area contributed by atoms with E-state index in [0.717, 1.165) is 11.1 Å². The summed E-state index contributed by atoms with van der Waals surface area (Å²) in [6, 6.07) is 7.36. The number of nitriles is 1. The molecule has 1 rings (SSSR count). The molecular formula is C11H11NO. The van der Waals surface area contributed by atoms with Gasteiger partial charge in [0, 0.05) is 0 Å². The van der Waals surface area contributed by atoms with E-state index < -0.39 is 0 Å². The van der Waals surface area contributed by atoms with E-state index in [0.29, 0.717) is 12.2 Å². The Morgan fingerprint density at radius 1 is 1.54 bits per heavy atom. The molecule has 2 heteroatoms. The maximum Gasteiger partial charge on any atom is 0.119 e. The Labute approximate surface area is 77.8 Å². The minimum Gasteiger partial charge on any atom is -0.508 e. The fraction of sp³-hybridized carbons (Fsp3) is 0.182. The van der Waals surface area contributed by atoms with E-state index in [1.165, 1.54) is 0 Å². The van der Waals surface area contributed by atoms with Crippen molar-refractivity contribution in [3.63, 3.8) is 0 Å². The fourth-order valence-corrected chi connectivity index (χ4v) is 1.06. The van der Waals surface area contributed by atoms with Gasteiger partial charge >= 0.3 is 0 Å². The van der Waals surface area contributed by atoms with Crippen LogP contribution in [0.5, 0.6) is 5.75 Å². The van der Waals surface area contributed by atoms with Gasteiger partial charge < -0.3 is 5.11 Å². The monoisotopic (exact) mass is 173 g/mol. The number of hydrogen-bond acceptors (Lipinski definition) is 2. The SMILES string of the molecule is Cc1c(O)cccc1C=CCC#N. The first-order valence-corrected chi connectivity index (χ1v) is 4.08. The Hall–Kier alpha value is -1.75. The van der Waals surface area contributed by atoms with Crippen LogP contribution in [0.25, 0.3) is 6.08 Å². The number of hydrogen-bond donors (Lipinski definition) is 1. The van der Waals surface area contributed by atoms with Crippen LogP contribution in [0, 0.1) is 18.3 Å². The van der Waals surface area contributed by atoms with Gasteiger partial charge in [-0.2, -0.15) is 5.26 Å². The number of phenolic OH excluding ortho intramolecular Hbond substituents is 1. The lowest BCUT2D eigenvalue weighted by atomic mass is 10.1. The zero-order valence-corrected chi connectivity index (χ0v) is 7.49. The van der Waals surface area contributed by atoms with E-state index in [1.54, 1.807) is 18.2 Å². The lowest BCUT2D eigenvalue weighted by molar-refractivity contribution is 0.471. The van der Waals surface area contributed by atoms with Crippen molar-refractivity contribution in [1.29, 1.82) is 5.26 Å². The molecule has 0 aliphatic rings. The average molecular weight is 173 g/mol. The van der Waals surface area contributed by atoms with Gasteiger partial charge in [0.1, 0.15) is 5.75 Å². The molecule has 2 nitrogen and oxygen atoms in total. The highest BCUT2D eigenvalue weighted by atomic mass is 16.3. The third-order valence-corrected chi connectivity index (χ3v) is 1.85. The number of benzene rings is 1. The number of aromatic hydroxyl groups is 1. The summed E-state index contributed by atoms with van der Waals surface area (Å²) in [7, 11) is 0. The molecule has 0 atom stereocenters. The summed E-state index contributed by atoms with van der Waals surface area (Å²) < 4.78 is 0. The summed E-state index contributed by atoms with van der Waals surface area (Å²) in [4.78, 5) is 0. The molecule has 13 heavy (non-hydrogen) atoms.